The third kappa shape index (κ3) is 5.73. The van der Waals surface area contributed by atoms with Gasteiger partial charge in [0.25, 0.3) is 21.6 Å². The number of carbonyl (C=O) groups is 1. The van der Waals surface area contributed by atoms with Crippen molar-refractivity contribution in [2.75, 3.05) is 11.3 Å². The summed E-state index contributed by atoms with van der Waals surface area (Å²) < 4.78 is 29.5. The first kappa shape index (κ1) is 27.1. The van der Waals surface area contributed by atoms with E-state index in [2.05, 4.69) is 21.3 Å². The minimum atomic E-state index is -3.81. The zero-order chi connectivity index (χ0) is 28.3. The summed E-state index contributed by atoms with van der Waals surface area (Å²) in [7, 11) is -3.81. The van der Waals surface area contributed by atoms with Crippen LogP contribution in [-0.4, -0.2) is 45.4 Å². The van der Waals surface area contributed by atoms with Gasteiger partial charge in [0.15, 0.2) is 10.3 Å². The second-order valence-corrected chi connectivity index (χ2v) is 11.8. The Morgan fingerprint density at radius 3 is 2.52 bits per heavy atom. The largest absolute Gasteiger partial charge is 0.317 e. The van der Waals surface area contributed by atoms with Crippen LogP contribution in [0.25, 0.3) is 11.8 Å². The van der Waals surface area contributed by atoms with Crippen LogP contribution in [0, 0.1) is 10.1 Å². The lowest BCUT2D eigenvalue weighted by Crippen LogP contribution is -2.29. The van der Waals surface area contributed by atoms with Gasteiger partial charge < -0.3 is 4.57 Å². The van der Waals surface area contributed by atoms with Gasteiger partial charge in [-0.15, -0.1) is 17.9 Å². The van der Waals surface area contributed by atoms with Gasteiger partial charge in [0.2, 0.25) is 0 Å². The Morgan fingerprint density at radius 1 is 1.12 bits per heavy atom. The molecular weight excluding hydrogens is 573 g/mol. The predicted molar refractivity (Wildman–Crippen MR) is 156 cm³/mol. The highest BCUT2D eigenvalue weighted by Gasteiger charge is 2.33. The molecule has 11 nitrogen and oxygen atoms in total. The minimum Gasteiger partial charge on any atom is -0.317 e. The van der Waals surface area contributed by atoms with E-state index in [1.165, 1.54) is 58.5 Å². The summed E-state index contributed by atoms with van der Waals surface area (Å²) in [5, 5.41) is 13.3. The highest BCUT2D eigenvalue weighted by molar-refractivity contribution is 8.18. The zero-order valence-electron chi connectivity index (χ0n) is 20.6. The number of nitrogens with one attached hydrogen (secondary N) is 1. The molecular formula is C26H20N6O5S3. The summed E-state index contributed by atoms with van der Waals surface area (Å²) in [6.45, 7) is 3.97. The zero-order valence-corrected chi connectivity index (χ0v) is 23.0. The Balaban J connectivity index is 1.40. The summed E-state index contributed by atoms with van der Waals surface area (Å²) in [5.41, 5.74) is 1.86. The number of non-ortho nitro benzene ring substituents is 1. The molecule has 1 aliphatic rings. The lowest BCUT2D eigenvalue weighted by atomic mass is 10.2. The van der Waals surface area contributed by atoms with Crippen molar-refractivity contribution >= 4 is 66.8 Å². The highest BCUT2D eigenvalue weighted by atomic mass is 32.2. The minimum absolute atomic E-state index is 0.0142. The van der Waals surface area contributed by atoms with E-state index in [1.54, 1.807) is 48.0 Å². The molecule has 0 saturated carbocycles. The summed E-state index contributed by atoms with van der Waals surface area (Å²) in [6, 6.07) is 15.7. The number of hydrogen-bond donors (Lipinski definition) is 1. The average molecular weight is 593 g/mol. The van der Waals surface area contributed by atoms with Crippen LogP contribution in [0.15, 0.2) is 106 Å². The number of amides is 1. The van der Waals surface area contributed by atoms with E-state index in [0.717, 1.165) is 0 Å². The lowest BCUT2D eigenvalue weighted by Gasteiger charge is -2.12. The molecule has 14 heteroatoms. The van der Waals surface area contributed by atoms with Crippen molar-refractivity contribution in [1.29, 1.82) is 0 Å². The maximum absolute atomic E-state index is 13.3. The highest BCUT2D eigenvalue weighted by Crippen LogP contribution is 2.35. The van der Waals surface area contributed by atoms with Gasteiger partial charge in [0.05, 0.1) is 20.4 Å². The molecule has 2 aromatic carbocycles. The molecule has 1 aliphatic heterocycles. The predicted octanol–water partition coefficient (Wildman–Crippen LogP) is 5.43. The van der Waals surface area contributed by atoms with Crippen molar-refractivity contribution in [3.63, 3.8) is 0 Å². The number of carbonyl (C=O) groups excluding carboxylic acids is 1. The monoisotopic (exact) mass is 592 g/mol. The van der Waals surface area contributed by atoms with Gasteiger partial charge in [-0.2, -0.15) is 0 Å². The average Bonchev–Trinajstić information content (AvgIpc) is 3.68. The molecule has 0 unspecified atom stereocenters. The van der Waals surface area contributed by atoms with Crippen LogP contribution in [0.2, 0.25) is 0 Å². The number of aromatic nitrogens is 2. The number of benzene rings is 2. The van der Waals surface area contributed by atoms with E-state index >= 15 is 0 Å². The topological polar surface area (TPSA) is 140 Å². The molecule has 202 valence electrons. The third-order valence-electron chi connectivity index (χ3n) is 5.62. The van der Waals surface area contributed by atoms with E-state index in [4.69, 9.17) is 0 Å². The van der Waals surface area contributed by atoms with Crippen molar-refractivity contribution in [1.82, 2.24) is 14.5 Å². The molecule has 0 aliphatic carbocycles. The molecule has 1 N–H and O–H groups in total. The lowest BCUT2D eigenvalue weighted by molar-refractivity contribution is -0.384. The fourth-order valence-electron chi connectivity index (χ4n) is 3.76. The van der Waals surface area contributed by atoms with Crippen molar-refractivity contribution in [2.45, 2.75) is 4.90 Å². The molecule has 0 radical (unpaired) electrons. The van der Waals surface area contributed by atoms with E-state index < -0.39 is 14.9 Å². The summed E-state index contributed by atoms with van der Waals surface area (Å²) in [4.78, 5) is 34.3. The maximum atomic E-state index is 13.3. The van der Waals surface area contributed by atoms with Gasteiger partial charge in [-0.1, -0.05) is 6.08 Å². The van der Waals surface area contributed by atoms with Crippen molar-refractivity contribution in [3.05, 3.63) is 112 Å². The number of sulfonamides is 1. The number of nitro groups is 1. The second-order valence-electron chi connectivity index (χ2n) is 8.22. The van der Waals surface area contributed by atoms with Crippen LogP contribution in [0.3, 0.4) is 0 Å². The molecule has 1 amide bonds. The molecule has 1 fully saturated rings. The first-order valence-electron chi connectivity index (χ1n) is 11.6. The quantitative estimate of drug-likeness (QED) is 0.118. The molecule has 4 aromatic rings. The molecule has 0 bridgehead atoms. The van der Waals surface area contributed by atoms with E-state index in [9.17, 15) is 23.3 Å². The molecule has 0 spiro atoms. The van der Waals surface area contributed by atoms with Crippen LogP contribution in [0.5, 0.6) is 0 Å². The number of nitro benzene ring substituents is 1. The second kappa shape index (κ2) is 11.3. The van der Waals surface area contributed by atoms with E-state index in [-0.39, 0.29) is 28.2 Å². The Kier molecular flexibility index (Phi) is 7.64. The number of thioether (sulfide) groups is 1. The van der Waals surface area contributed by atoms with Gasteiger partial charge in [-0.05, 0) is 66.4 Å². The first-order valence-corrected chi connectivity index (χ1v) is 14.8. The maximum Gasteiger partial charge on any atom is 0.269 e. The first-order chi connectivity index (χ1) is 19.2. The summed E-state index contributed by atoms with van der Waals surface area (Å²) in [6.07, 6.45) is 6.63. The van der Waals surface area contributed by atoms with E-state index in [1.807, 2.05) is 16.7 Å². The normalized spacial score (nSPS) is 15.6. The van der Waals surface area contributed by atoms with Crippen LogP contribution < -0.4 is 4.72 Å². The van der Waals surface area contributed by atoms with Gasteiger partial charge in [-0.25, -0.2) is 18.4 Å². The van der Waals surface area contributed by atoms with Gasteiger partial charge >= 0.3 is 0 Å². The fraction of sp³-hybridized carbons (Fsp3) is 0.0385. The Bertz CT molecular complexity index is 1740. The van der Waals surface area contributed by atoms with Crippen LogP contribution in [-0.2, 0) is 14.8 Å². The number of thiazole rings is 1. The molecule has 3 heterocycles. The number of aliphatic imine (C=N–C) groups is 1. The smallest absolute Gasteiger partial charge is 0.269 e. The number of hydrogen-bond acceptors (Lipinski definition) is 9. The number of amidine groups is 1. The van der Waals surface area contributed by atoms with Crippen LogP contribution in [0.1, 0.15) is 5.69 Å². The van der Waals surface area contributed by atoms with Crippen molar-refractivity contribution < 1.29 is 18.1 Å². The Morgan fingerprint density at radius 2 is 1.88 bits per heavy atom. The number of rotatable bonds is 9. The van der Waals surface area contributed by atoms with Crippen LogP contribution >= 0.6 is 23.1 Å². The van der Waals surface area contributed by atoms with Crippen molar-refractivity contribution in [3.8, 4) is 5.69 Å². The molecule has 0 atom stereocenters. The molecule has 1 saturated heterocycles. The Hall–Kier alpha value is -4.53. The van der Waals surface area contributed by atoms with Gasteiger partial charge in [-0.3, -0.25) is 24.5 Å². The van der Waals surface area contributed by atoms with Gasteiger partial charge in [0, 0.05) is 47.8 Å². The summed E-state index contributed by atoms with van der Waals surface area (Å²) >= 11 is 2.36. The van der Waals surface area contributed by atoms with E-state index in [0.29, 0.717) is 27.1 Å². The SMILES string of the molecule is C=CCN1C(=O)/C(=C/c2cccn2-c2ccc([N+](=O)[O-])cc2)SC1=Nc1ccc(S(=O)(=O)Nc2nccs2)cc1. The molecule has 5 rings (SSSR count). The Labute approximate surface area is 237 Å². The van der Waals surface area contributed by atoms with Crippen molar-refractivity contribution in [2.24, 2.45) is 4.99 Å². The number of anilines is 1. The fourth-order valence-corrected chi connectivity index (χ4v) is 6.54. The number of nitrogens with zero attached hydrogens (tertiary/aromatic N) is 5. The molecule has 2 aromatic heterocycles. The van der Waals surface area contributed by atoms with Crippen LogP contribution in [0.4, 0.5) is 16.5 Å². The standard InChI is InChI=1S/C26H20N6O5S3/c1-2-14-31-24(33)23(17-21-4-3-15-30(21)19-7-9-20(10-8-19)32(34)35)39-26(31)28-18-5-11-22(12-6-18)40(36,37)29-25-27-13-16-38-25/h2-13,15-17H,1,14H2,(H,27,29)/b23-17-,28-26?. The summed E-state index contributed by atoms with van der Waals surface area (Å²) in [5.74, 6) is -0.257. The molecule has 40 heavy (non-hydrogen) atoms. The third-order valence-corrected chi connectivity index (χ3v) is 8.80. The van der Waals surface area contributed by atoms with Gasteiger partial charge in [0.1, 0.15) is 0 Å².